The zero-order chi connectivity index (χ0) is 13.0. The minimum absolute atomic E-state index is 0.187. The first kappa shape index (κ1) is 13.0. The van der Waals surface area contributed by atoms with Crippen LogP contribution in [0.3, 0.4) is 0 Å². The number of ether oxygens (including phenoxy) is 1. The van der Waals surface area contributed by atoms with E-state index in [1.54, 1.807) is 6.07 Å². The molecule has 0 amide bonds. The number of hydrogen-bond acceptors (Lipinski definition) is 2. The van der Waals surface area contributed by atoms with E-state index in [4.69, 9.17) is 4.74 Å². The van der Waals surface area contributed by atoms with E-state index in [0.29, 0.717) is 3.57 Å². The van der Waals surface area contributed by atoms with E-state index in [2.05, 4.69) is 0 Å². The average Bonchev–Trinajstić information content (AvgIpc) is 2.40. The first-order valence-electron chi connectivity index (χ1n) is 5.33. The Hall–Kier alpha value is -1.43. The molecule has 18 heavy (non-hydrogen) atoms. The fraction of sp³-hybridized carbons (Fsp3) is 0.0714. The maximum atomic E-state index is 13.1. The van der Waals surface area contributed by atoms with Crippen LogP contribution in [-0.2, 0) is 11.3 Å². The predicted molar refractivity (Wildman–Crippen MR) is 74.7 cm³/mol. The van der Waals surface area contributed by atoms with Crippen molar-refractivity contribution in [3.8, 4) is 0 Å². The monoisotopic (exact) mass is 356 g/mol. The SMILES string of the molecule is O=C(OCc1ccccc1)c1cc(F)ccc1I. The van der Waals surface area contributed by atoms with E-state index in [1.165, 1.54) is 12.1 Å². The topological polar surface area (TPSA) is 26.3 Å². The van der Waals surface area contributed by atoms with Crippen LogP contribution >= 0.6 is 22.6 Å². The lowest BCUT2D eigenvalue weighted by Gasteiger charge is -2.06. The molecule has 0 unspecified atom stereocenters. The zero-order valence-electron chi connectivity index (χ0n) is 9.40. The smallest absolute Gasteiger partial charge is 0.339 e. The molecule has 0 spiro atoms. The van der Waals surface area contributed by atoms with Crippen LogP contribution in [0.4, 0.5) is 4.39 Å². The van der Waals surface area contributed by atoms with E-state index in [-0.39, 0.29) is 12.2 Å². The van der Waals surface area contributed by atoms with Crippen molar-refractivity contribution in [1.82, 2.24) is 0 Å². The predicted octanol–water partition coefficient (Wildman–Crippen LogP) is 3.79. The van der Waals surface area contributed by atoms with Crippen LogP contribution in [-0.4, -0.2) is 5.97 Å². The van der Waals surface area contributed by atoms with Gasteiger partial charge in [0.25, 0.3) is 0 Å². The van der Waals surface area contributed by atoms with Crippen LogP contribution < -0.4 is 0 Å². The van der Waals surface area contributed by atoms with Gasteiger partial charge in [-0.15, -0.1) is 0 Å². The zero-order valence-corrected chi connectivity index (χ0v) is 11.6. The van der Waals surface area contributed by atoms with Crippen LogP contribution in [0.15, 0.2) is 48.5 Å². The highest BCUT2D eigenvalue weighted by atomic mass is 127. The van der Waals surface area contributed by atoms with Crippen LogP contribution in [0.5, 0.6) is 0 Å². The maximum Gasteiger partial charge on any atom is 0.339 e. The van der Waals surface area contributed by atoms with E-state index < -0.39 is 11.8 Å². The third-order valence-corrected chi connectivity index (χ3v) is 3.30. The Morgan fingerprint density at radius 2 is 1.89 bits per heavy atom. The molecule has 4 heteroatoms. The second kappa shape index (κ2) is 5.95. The molecule has 0 bridgehead atoms. The second-order valence-corrected chi connectivity index (χ2v) is 4.85. The standard InChI is InChI=1S/C14H10FIO2/c15-11-6-7-13(16)12(8-11)14(17)18-9-10-4-2-1-3-5-10/h1-8H,9H2. The van der Waals surface area contributed by atoms with Crippen molar-refractivity contribution in [3.05, 3.63) is 69.0 Å². The fourth-order valence-electron chi connectivity index (χ4n) is 1.45. The average molecular weight is 356 g/mol. The highest BCUT2D eigenvalue weighted by Crippen LogP contribution is 2.15. The summed E-state index contributed by atoms with van der Waals surface area (Å²) in [7, 11) is 0. The Morgan fingerprint density at radius 3 is 2.61 bits per heavy atom. The summed E-state index contributed by atoms with van der Waals surface area (Å²) in [5.41, 5.74) is 1.16. The first-order chi connectivity index (χ1) is 8.66. The number of carbonyl (C=O) groups is 1. The molecule has 0 aromatic heterocycles. The van der Waals surface area contributed by atoms with Crippen molar-refractivity contribution in [2.45, 2.75) is 6.61 Å². The largest absolute Gasteiger partial charge is 0.457 e. The van der Waals surface area contributed by atoms with Gasteiger partial charge >= 0.3 is 5.97 Å². The molecule has 0 saturated heterocycles. The lowest BCUT2D eigenvalue weighted by Crippen LogP contribution is -2.07. The molecule has 0 aliphatic rings. The Morgan fingerprint density at radius 1 is 1.17 bits per heavy atom. The summed E-state index contributed by atoms with van der Waals surface area (Å²) in [4.78, 5) is 11.8. The third-order valence-electron chi connectivity index (χ3n) is 2.36. The van der Waals surface area contributed by atoms with Crippen LogP contribution in [0.1, 0.15) is 15.9 Å². The molecule has 2 aromatic carbocycles. The number of rotatable bonds is 3. The van der Waals surface area contributed by atoms with Gasteiger partial charge in [-0.2, -0.15) is 0 Å². The van der Waals surface area contributed by atoms with Crippen LogP contribution in [0.2, 0.25) is 0 Å². The quantitative estimate of drug-likeness (QED) is 0.618. The number of halogens is 2. The maximum absolute atomic E-state index is 13.1. The molecule has 0 atom stereocenters. The van der Waals surface area contributed by atoms with Gasteiger partial charge in [0, 0.05) is 3.57 Å². The molecular formula is C14H10FIO2. The van der Waals surface area contributed by atoms with Gasteiger partial charge in [0.05, 0.1) is 5.56 Å². The van der Waals surface area contributed by atoms with Crippen LogP contribution in [0.25, 0.3) is 0 Å². The molecule has 0 aliphatic carbocycles. The summed E-state index contributed by atoms with van der Waals surface area (Å²) in [5.74, 6) is -0.954. The number of hydrogen-bond donors (Lipinski definition) is 0. The first-order valence-corrected chi connectivity index (χ1v) is 6.41. The molecule has 92 valence electrons. The van der Waals surface area contributed by atoms with Gasteiger partial charge < -0.3 is 4.74 Å². The van der Waals surface area contributed by atoms with Crippen molar-refractivity contribution in [1.29, 1.82) is 0 Å². The minimum Gasteiger partial charge on any atom is -0.457 e. The van der Waals surface area contributed by atoms with E-state index in [0.717, 1.165) is 5.56 Å². The summed E-state index contributed by atoms with van der Waals surface area (Å²) >= 11 is 1.98. The Labute approximate surface area is 118 Å². The molecule has 2 aromatic rings. The van der Waals surface area contributed by atoms with Crippen molar-refractivity contribution in [2.75, 3.05) is 0 Å². The Kier molecular flexibility index (Phi) is 4.30. The van der Waals surface area contributed by atoms with Crippen molar-refractivity contribution >= 4 is 28.6 Å². The van der Waals surface area contributed by atoms with Gasteiger partial charge in [-0.05, 0) is 46.4 Å². The Balaban J connectivity index is 2.06. The fourth-order valence-corrected chi connectivity index (χ4v) is 2.01. The van der Waals surface area contributed by atoms with Crippen LogP contribution in [0, 0.1) is 9.39 Å². The van der Waals surface area contributed by atoms with Gasteiger partial charge in [0.15, 0.2) is 0 Å². The molecule has 2 nitrogen and oxygen atoms in total. The van der Waals surface area contributed by atoms with E-state index in [9.17, 15) is 9.18 Å². The van der Waals surface area contributed by atoms with Crippen molar-refractivity contribution < 1.29 is 13.9 Å². The van der Waals surface area contributed by atoms with Gasteiger partial charge in [0.1, 0.15) is 12.4 Å². The summed E-state index contributed by atoms with van der Waals surface area (Å²) in [5, 5.41) is 0. The number of benzene rings is 2. The molecule has 0 N–H and O–H groups in total. The number of esters is 1. The molecule has 0 aliphatic heterocycles. The van der Waals surface area contributed by atoms with Crippen molar-refractivity contribution in [3.63, 3.8) is 0 Å². The highest BCUT2D eigenvalue weighted by molar-refractivity contribution is 14.1. The minimum atomic E-state index is -0.511. The van der Waals surface area contributed by atoms with Gasteiger partial charge in [-0.3, -0.25) is 0 Å². The molecule has 0 radical (unpaired) electrons. The van der Waals surface area contributed by atoms with E-state index >= 15 is 0 Å². The lowest BCUT2D eigenvalue weighted by atomic mass is 10.2. The molecule has 0 fully saturated rings. The number of carbonyl (C=O) groups excluding carboxylic acids is 1. The molecular weight excluding hydrogens is 346 g/mol. The molecule has 2 rings (SSSR count). The van der Waals surface area contributed by atoms with Crippen molar-refractivity contribution in [2.24, 2.45) is 0 Å². The summed E-state index contributed by atoms with van der Waals surface area (Å²) in [6, 6.07) is 13.4. The van der Waals surface area contributed by atoms with Gasteiger partial charge in [-0.1, -0.05) is 30.3 Å². The highest BCUT2D eigenvalue weighted by Gasteiger charge is 2.12. The van der Waals surface area contributed by atoms with E-state index in [1.807, 2.05) is 52.9 Å². The lowest BCUT2D eigenvalue weighted by molar-refractivity contribution is 0.0471. The molecule has 0 heterocycles. The van der Waals surface area contributed by atoms with Gasteiger partial charge in [0.2, 0.25) is 0 Å². The summed E-state index contributed by atoms with van der Waals surface area (Å²) in [6.07, 6.45) is 0. The van der Waals surface area contributed by atoms with Gasteiger partial charge in [-0.25, -0.2) is 9.18 Å². The normalized spacial score (nSPS) is 10.1. The summed E-state index contributed by atoms with van der Waals surface area (Å²) < 4.78 is 18.9. The second-order valence-electron chi connectivity index (χ2n) is 3.69. The molecule has 0 saturated carbocycles. The Bertz CT molecular complexity index is 555. The summed E-state index contributed by atoms with van der Waals surface area (Å²) in [6.45, 7) is 0.187. The third kappa shape index (κ3) is 3.29.